The van der Waals surface area contributed by atoms with E-state index in [9.17, 15) is 9.90 Å². The zero-order chi connectivity index (χ0) is 20.5. The molecule has 1 amide bonds. The van der Waals surface area contributed by atoms with E-state index in [0.717, 1.165) is 42.6 Å². The first-order valence-corrected chi connectivity index (χ1v) is 11.0. The highest BCUT2D eigenvalue weighted by atomic mass is 35.5. The number of phenolic OH excluding ortho intramolecular Hbond substituents is 1. The molecule has 4 rings (SSSR count). The van der Waals surface area contributed by atoms with Crippen molar-refractivity contribution in [1.82, 2.24) is 9.80 Å². The quantitative estimate of drug-likeness (QED) is 0.663. The average Bonchev–Trinajstić information content (AvgIpc) is 3.24. The van der Waals surface area contributed by atoms with E-state index in [-0.39, 0.29) is 36.8 Å². The van der Waals surface area contributed by atoms with Gasteiger partial charge >= 0.3 is 0 Å². The minimum Gasteiger partial charge on any atom is -0.508 e. The van der Waals surface area contributed by atoms with E-state index in [0.29, 0.717) is 15.8 Å². The van der Waals surface area contributed by atoms with Crippen LogP contribution in [0.3, 0.4) is 0 Å². The van der Waals surface area contributed by atoms with Gasteiger partial charge in [0.2, 0.25) is 5.91 Å². The second-order valence-electron chi connectivity index (χ2n) is 8.07. The normalized spacial score (nSPS) is 21.0. The summed E-state index contributed by atoms with van der Waals surface area (Å²) in [5.41, 5.74) is 2.89. The number of amides is 1. The lowest BCUT2D eigenvalue weighted by Crippen LogP contribution is -2.48. The van der Waals surface area contributed by atoms with Gasteiger partial charge in [-0.1, -0.05) is 41.4 Å². The predicted molar refractivity (Wildman–Crippen MR) is 124 cm³/mol. The molecule has 0 aromatic heterocycles. The van der Waals surface area contributed by atoms with Crippen molar-refractivity contribution in [2.45, 2.75) is 44.2 Å². The van der Waals surface area contributed by atoms with Gasteiger partial charge in [-0.3, -0.25) is 9.69 Å². The fraction of sp³-hybridized carbons (Fsp3) is 0.435. The molecular weight excluding hydrogens is 443 g/mol. The summed E-state index contributed by atoms with van der Waals surface area (Å²) in [4.78, 5) is 17.6. The van der Waals surface area contributed by atoms with Crippen LogP contribution in [0.1, 0.15) is 42.0 Å². The third-order valence-electron chi connectivity index (χ3n) is 6.32. The van der Waals surface area contributed by atoms with Gasteiger partial charge in [-0.05, 0) is 73.7 Å². The van der Waals surface area contributed by atoms with Crippen LogP contribution in [0.5, 0.6) is 5.75 Å². The molecule has 2 atom stereocenters. The van der Waals surface area contributed by atoms with Crippen molar-refractivity contribution in [1.29, 1.82) is 0 Å². The summed E-state index contributed by atoms with van der Waals surface area (Å²) < 4.78 is 0. The Hall–Kier alpha value is -1.46. The molecule has 0 unspecified atom stereocenters. The zero-order valence-electron chi connectivity index (χ0n) is 17.0. The number of hydrogen-bond donors (Lipinski definition) is 1. The highest BCUT2D eigenvalue weighted by molar-refractivity contribution is 6.42. The molecule has 0 saturated carbocycles. The topological polar surface area (TPSA) is 43.8 Å². The van der Waals surface area contributed by atoms with Gasteiger partial charge in [0, 0.05) is 13.1 Å². The fourth-order valence-corrected chi connectivity index (χ4v) is 5.15. The Morgan fingerprint density at radius 1 is 1.17 bits per heavy atom. The molecule has 30 heavy (non-hydrogen) atoms. The fourth-order valence-electron chi connectivity index (χ4n) is 4.83. The van der Waals surface area contributed by atoms with Gasteiger partial charge in [0.25, 0.3) is 0 Å². The third-order valence-corrected chi connectivity index (χ3v) is 7.06. The maximum atomic E-state index is 13.2. The van der Waals surface area contributed by atoms with E-state index < -0.39 is 0 Å². The number of carbonyl (C=O) groups is 1. The van der Waals surface area contributed by atoms with E-state index >= 15 is 0 Å². The van der Waals surface area contributed by atoms with Crippen LogP contribution in [-0.2, 0) is 17.6 Å². The lowest BCUT2D eigenvalue weighted by atomic mass is 9.82. The van der Waals surface area contributed by atoms with E-state index in [2.05, 4.69) is 11.0 Å². The molecule has 2 aliphatic rings. The summed E-state index contributed by atoms with van der Waals surface area (Å²) in [5.74, 6) is 0.367. The Morgan fingerprint density at radius 3 is 2.60 bits per heavy atom. The van der Waals surface area contributed by atoms with Gasteiger partial charge in [0.1, 0.15) is 5.75 Å². The second-order valence-corrected chi connectivity index (χ2v) is 8.88. The number of halogens is 3. The van der Waals surface area contributed by atoms with Gasteiger partial charge < -0.3 is 10.0 Å². The molecule has 4 nitrogen and oxygen atoms in total. The summed E-state index contributed by atoms with van der Waals surface area (Å²) in [6.07, 6.45) is 4.47. The highest BCUT2D eigenvalue weighted by Gasteiger charge is 2.39. The number of hydrogen-bond acceptors (Lipinski definition) is 3. The Labute approximate surface area is 194 Å². The molecule has 1 aliphatic heterocycles. The molecule has 1 N–H and O–H groups in total. The first kappa shape index (κ1) is 23.2. The van der Waals surface area contributed by atoms with Crippen molar-refractivity contribution in [2.75, 3.05) is 20.1 Å². The smallest absolute Gasteiger partial charge is 0.227 e. The Kier molecular flexibility index (Phi) is 7.56. The summed E-state index contributed by atoms with van der Waals surface area (Å²) in [5, 5.41) is 11.3. The maximum Gasteiger partial charge on any atom is 0.227 e. The van der Waals surface area contributed by atoms with Crippen molar-refractivity contribution in [3.05, 3.63) is 63.1 Å². The van der Waals surface area contributed by atoms with Crippen LogP contribution in [0, 0.1) is 0 Å². The molecule has 7 heteroatoms. The first-order valence-electron chi connectivity index (χ1n) is 10.2. The molecule has 2 aromatic rings. The number of carbonyl (C=O) groups excluding carboxylic acids is 1. The van der Waals surface area contributed by atoms with E-state index in [1.165, 1.54) is 12.8 Å². The molecule has 2 aromatic carbocycles. The number of likely N-dealkylation sites (tertiary alicyclic amines) is 1. The lowest BCUT2D eigenvalue weighted by molar-refractivity contribution is -0.133. The average molecular weight is 470 g/mol. The number of benzene rings is 2. The van der Waals surface area contributed by atoms with Crippen molar-refractivity contribution in [3.63, 3.8) is 0 Å². The van der Waals surface area contributed by atoms with Crippen molar-refractivity contribution < 1.29 is 9.90 Å². The summed E-state index contributed by atoms with van der Waals surface area (Å²) >= 11 is 12.1. The minimum atomic E-state index is -0.0702. The number of phenols is 1. The lowest BCUT2D eigenvalue weighted by Gasteiger charge is -2.43. The standard InChI is InChI=1S/C23H26Cl2N2O2.ClH/c1-26(22(29)14-15-7-9-18(24)19(25)13-15)23-17-5-4-6-21(28)16(17)8-10-20(23)27-11-2-3-12-27;/h4-7,9,13,20,23,28H,2-3,8,10-12,14H2,1H3;1H/t20-,23-;/m0./s1. The molecular formula is C23H27Cl3N2O2. The van der Waals surface area contributed by atoms with Crippen molar-refractivity contribution in [2.24, 2.45) is 0 Å². The van der Waals surface area contributed by atoms with Gasteiger partial charge in [0.05, 0.1) is 22.5 Å². The monoisotopic (exact) mass is 468 g/mol. The van der Waals surface area contributed by atoms with Crippen LogP contribution in [0.2, 0.25) is 10.0 Å². The Morgan fingerprint density at radius 2 is 1.90 bits per heavy atom. The van der Waals surface area contributed by atoms with Crippen LogP contribution in [0.25, 0.3) is 0 Å². The first-order chi connectivity index (χ1) is 14.0. The second kappa shape index (κ2) is 9.78. The highest BCUT2D eigenvalue weighted by Crippen LogP contribution is 2.41. The van der Waals surface area contributed by atoms with Crippen LogP contribution in [0.15, 0.2) is 36.4 Å². The molecule has 0 bridgehead atoms. The summed E-state index contributed by atoms with van der Waals surface area (Å²) in [6.45, 7) is 2.15. The van der Waals surface area contributed by atoms with Crippen molar-refractivity contribution >= 4 is 41.5 Å². The predicted octanol–water partition coefficient (Wildman–Crippen LogP) is 5.27. The third kappa shape index (κ3) is 4.57. The Bertz CT molecular complexity index is 915. The molecule has 1 heterocycles. The molecule has 1 aliphatic carbocycles. The molecule has 0 radical (unpaired) electrons. The van der Waals surface area contributed by atoms with Gasteiger partial charge in [-0.15, -0.1) is 12.4 Å². The minimum absolute atomic E-state index is 0. The van der Waals surface area contributed by atoms with Gasteiger partial charge in [-0.2, -0.15) is 0 Å². The number of nitrogens with zero attached hydrogens (tertiary/aromatic N) is 2. The van der Waals surface area contributed by atoms with Crippen LogP contribution in [0.4, 0.5) is 0 Å². The SMILES string of the molecule is CN(C(=O)Cc1ccc(Cl)c(Cl)c1)[C@H]1c2cccc(O)c2CC[C@@H]1N1CCCC1.Cl. The summed E-state index contributed by atoms with van der Waals surface area (Å²) in [7, 11) is 1.88. The molecule has 1 fully saturated rings. The number of fused-ring (bicyclic) bond motifs is 1. The van der Waals surface area contributed by atoms with Gasteiger partial charge in [0.15, 0.2) is 0 Å². The largest absolute Gasteiger partial charge is 0.508 e. The number of aromatic hydroxyl groups is 1. The van der Waals surface area contributed by atoms with Crippen LogP contribution < -0.4 is 0 Å². The van der Waals surface area contributed by atoms with Crippen molar-refractivity contribution in [3.8, 4) is 5.75 Å². The Balaban J connectivity index is 0.00000256. The summed E-state index contributed by atoms with van der Waals surface area (Å²) in [6, 6.07) is 11.2. The van der Waals surface area contributed by atoms with E-state index in [1.807, 2.05) is 24.1 Å². The number of rotatable bonds is 4. The van der Waals surface area contributed by atoms with E-state index in [1.54, 1.807) is 18.2 Å². The molecule has 1 saturated heterocycles. The van der Waals surface area contributed by atoms with Crippen LogP contribution >= 0.6 is 35.6 Å². The number of likely N-dealkylation sites (N-methyl/N-ethyl adjacent to an activating group) is 1. The zero-order valence-corrected chi connectivity index (χ0v) is 19.3. The van der Waals surface area contributed by atoms with E-state index in [4.69, 9.17) is 23.2 Å². The maximum absolute atomic E-state index is 13.2. The molecule has 162 valence electrons. The van der Waals surface area contributed by atoms with Crippen LogP contribution in [-0.4, -0.2) is 47.0 Å². The molecule has 0 spiro atoms. The van der Waals surface area contributed by atoms with Gasteiger partial charge in [-0.25, -0.2) is 0 Å².